The maximum atomic E-state index is 11.9. The van der Waals surface area contributed by atoms with Crippen LogP contribution in [0.1, 0.15) is 20.8 Å². The van der Waals surface area contributed by atoms with Gasteiger partial charge in [0.05, 0.1) is 5.92 Å². The lowest BCUT2D eigenvalue weighted by atomic mass is 10.00. The van der Waals surface area contributed by atoms with Gasteiger partial charge in [-0.1, -0.05) is 6.92 Å². The summed E-state index contributed by atoms with van der Waals surface area (Å²) in [6.07, 6.45) is 0. The van der Waals surface area contributed by atoms with Gasteiger partial charge in [-0.15, -0.1) is 0 Å². The Morgan fingerprint density at radius 3 is 2.50 bits per heavy atom. The van der Waals surface area contributed by atoms with Gasteiger partial charge in [0.25, 0.3) is 0 Å². The van der Waals surface area contributed by atoms with Gasteiger partial charge >= 0.3 is 12.0 Å². The third-order valence-electron chi connectivity index (χ3n) is 3.58. The van der Waals surface area contributed by atoms with E-state index in [0.717, 1.165) is 6.54 Å². The third kappa shape index (κ3) is 3.60. The Kier molecular flexibility index (Phi) is 4.56. The van der Waals surface area contributed by atoms with Gasteiger partial charge in [0.2, 0.25) is 0 Å². The molecule has 0 aromatic heterocycles. The molecule has 1 fully saturated rings. The number of aliphatic carboxylic acids is 1. The van der Waals surface area contributed by atoms with E-state index >= 15 is 0 Å². The summed E-state index contributed by atoms with van der Waals surface area (Å²) in [4.78, 5) is 26.5. The molecule has 0 saturated carbocycles. The van der Waals surface area contributed by atoms with Crippen LogP contribution in [0.3, 0.4) is 0 Å². The molecule has 1 aliphatic rings. The van der Waals surface area contributed by atoms with Crippen LogP contribution in [0.4, 0.5) is 4.79 Å². The number of likely N-dealkylation sites (N-methyl/N-ethyl adjacent to an activating group) is 1. The number of hydrogen-bond donors (Lipinski definition) is 2. The number of carbonyl (C=O) groups is 2. The number of rotatable bonds is 3. The molecular formula is C12H23N3O3. The minimum Gasteiger partial charge on any atom is -0.481 e. The van der Waals surface area contributed by atoms with Crippen molar-refractivity contribution in [2.75, 3.05) is 33.2 Å². The van der Waals surface area contributed by atoms with Crippen molar-refractivity contribution in [1.29, 1.82) is 0 Å². The van der Waals surface area contributed by atoms with Crippen molar-refractivity contribution in [1.82, 2.24) is 15.1 Å². The quantitative estimate of drug-likeness (QED) is 0.769. The van der Waals surface area contributed by atoms with Gasteiger partial charge in [-0.3, -0.25) is 9.69 Å². The second kappa shape index (κ2) is 5.56. The van der Waals surface area contributed by atoms with Crippen LogP contribution in [0.15, 0.2) is 0 Å². The number of carbonyl (C=O) groups excluding carboxylic acids is 1. The Morgan fingerprint density at radius 1 is 1.39 bits per heavy atom. The average Bonchev–Trinajstić information content (AvgIpc) is 2.28. The molecule has 0 radical (unpaired) electrons. The highest BCUT2D eigenvalue weighted by Gasteiger charge is 2.33. The molecule has 1 unspecified atom stereocenters. The van der Waals surface area contributed by atoms with Gasteiger partial charge in [-0.25, -0.2) is 4.79 Å². The molecule has 6 heteroatoms. The van der Waals surface area contributed by atoms with Crippen molar-refractivity contribution < 1.29 is 14.7 Å². The van der Waals surface area contributed by atoms with Crippen LogP contribution in [0.2, 0.25) is 0 Å². The minimum atomic E-state index is -0.894. The summed E-state index contributed by atoms with van der Waals surface area (Å²) in [5.74, 6) is -1.46. The molecule has 0 spiro atoms. The summed E-state index contributed by atoms with van der Waals surface area (Å²) in [6, 6.07) is -0.177. The number of urea groups is 1. The largest absolute Gasteiger partial charge is 0.481 e. The summed E-state index contributed by atoms with van der Waals surface area (Å²) in [5, 5.41) is 11.4. The second-order valence-electron chi connectivity index (χ2n) is 5.58. The molecule has 1 rings (SSSR count). The molecule has 1 heterocycles. The van der Waals surface area contributed by atoms with Crippen LogP contribution < -0.4 is 5.32 Å². The Bertz CT molecular complexity index is 331. The van der Waals surface area contributed by atoms with E-state index in [0.29, 0.717) is 13.1 Å². The molecular weight excluding hydrogens is 234 g/mol. The molecule has 6 nitrogen and oxygen atoms in total. The van der Waals surface area contributed by atoms with Gasteiger partial charge in [0, 0.05) is 31.7 Å². The Morgan fingerprint density at radius 2 is 2.00 bits per heavy atom. The fourth-order valence-corrected chi connectivity index (χ4v) is 1.85. The Labute approximate surface area is 108 Å². The second-order valence-corrected chi connectivity index (χ2v) is 5.58. The normalized spacial score (nSPS) is 21.4. The zero-order valence-corrected chi connectivity index (χ0v) is 11.6. The number of hydrogen-bond acceptors (Lipinski definition) is 3. The van der Waals surface area contributed by atoms with Crippen LogP contribution in [-0.4, -0.2) is 65.7 Å². The molecule has 2 amide bonds. The predicted octanol–water partition coefficient (Wildman–Crippen LogP) is 0.443. The Balaban J connectivity index is 2.46. The average molecular weight is 257 g/mol. The SMILES string of the molecule is CC(CNC(=O)N1CCN(C)C(C)(C)C1)C(=O)O. The zero-order chi connectivity index (χ0) is 13.9. The number of nitrogens with zero attached hydrogens (tertiary/aromatic N) is 2. The molecule has 0 aromatic carbocycles. The summed E-state index contributed by atoms with van der Waals surface area (Å²) in [6.45, 7) is 8.08. The van der Waals surface area contributed by atoms with Crippen molar-refractivity contribution in [3.05, 3.63) is 0 Å². The highest BCUT2D eigenvalue weighted by molar-refractivity contribution is 5.76. The highest BCUT2D eigenvalue weighted by Crippen LogP contribution is 2.18. The monoisotopic (exact) mass is 257 g/mol. The summed E-state index contributed by atoms with van der Waals surface area (Å²) in [7, 11) is 2.04. The lowest BCUT2D eigenvalue weighted by Gasteiger charge is -2.45. The smallest absolute Gasteiger partial charge is 0.317 e. The van der Waals surface area contributed by atoms with Crippen LogP contribution >= 0.6 is 0 Å². The first-order chi connectivity index (χ1) is 8.24. The van der Waals surface area contributed by atoms with E-state index in [9.17, 15) is 9.59 Å². The van der Waals surface area contributed by atoms with Crippen molar-refractivity contribution in [2.24, 2.45) is 5.92 Å². The number of piperazine rings is 1. The van der Waals surface area contributed by atoms with E-state index < -0.39 is 11.9 Å². The number of carboxylic acids is 1. The van der Waals surface area contributed by atoms with Crippen molar-refractivity contribution in [3.8, 4) is 0 Å². The summed E-state index contributed by atoms with van der Waals surface area (Å²) < 4.78 is 0. The van der Waals surface area contributed by atoms with Gasteiger partial charge < -0.3 is 15.3 Å². The van der Waals surface area contributed by atoms with E-state index in [1.54, 1.807) is 11.8 Å². The maximum absolute atomic E-state index is 11.9. The fourth-order valence-electron chi connectivity index (χ4n) is 1.85. The highest BCUT2D eigenvalue weighted by atomic mass is 16.4. The lowest BCUT2D eigenvalue weighted by molar-refractivity contribution is -0.140. The predicted molar refractivity (Wildman–Crippen MR) is 68.5 cm³/mol. The van der Waals surface area contributed by atoms with E-state index in [2.05, 4.69) is 24.1 Å². The van der Waals surface area contributed by atoms with Crippen molar-refractivity contribution >= 4 is 12.0 Å². The molecule has 1 aliphatic heterocycles. The first-order valence-corrected chi connectivity index (χ1v) is 6.21. The molecule has 0 aliphatic carbocycles. The first-order valence-electron chi connectivity index (χ1n) is 6.21. The molecule has 0 bridgehead atoms. The van der Waals surface area contributed by atoms with Crippen LogP contribution in [-0.2, 0) is 4.79 Å². The topological polar surface area (TPSA) is 72.9 Å². The van der Waals surface area contributed by atoms with E-state index in [1.165, 1.54) is 0 Å². The van der Waals surface area contributed by atoms with E-state index in [1.807, 2.05) is 7.05 Å². The van der Waals surface area contributed by atoms with Crippen LogP contribution in [0, 0.1) is 5.92 Å². The number of carboxylic acid groups (broad SMARTS) is 1. The van der Waals surface area contributed by atoms with Crippen molar-refractivity contribution in [3.63, 3.8) is 0 Å². The molecule has 1 saturated heterocycles. The van der Waals surface area contributed by atoms with Crippen molar-refractivity contribution in [2.45, 2.75) is 26.3 Å². The van der Waals surface area contributed by atoms with E-state index in [4.69, 9.17) is 5.11 Å². The van der Waals surface area contributed by atoms with E-state index in [-0.39, 0.29) is 18.1 Å². The standard InChI is InChI=1S/C12H23N3O3/c1-9(10(16)17)7-13-11(18)15-6-5-14(4)12(2,3)8-15/h9H,5-8H2,1-4H3,(H,13,18)(H,16,17). The summed E-state index contributed by atoms with van der Waals surface area (Å²) >= 11 is 0. The van der Waals surface area contributed by atoms with Gasteiger partial charge in [-0.05, 0) is 20.9 Å². The van der Waals surface area contributed by atoms with Gasteiger partial charge in [0.1, 0.15) is 0 Å². The lowest BCUT2D eigenvalue weighted by Crippen LogP contribution is -2.60. The molecule has 0 aromatic rings. The summed E-state index contributed by atoms with van der Waals surface area (Å²) in [5.41, 5.74) is -0.0476. The number of nitrogens with one attached hydrogen (secondary N) is 1. The van der Waals surface area contributed by atoms with Gasteiger partial charge in [-0.2, -0.15) is 0 Å². The molecule has 18 heavy (non-hydrogen) atoms. The third-order valence-corrected chi connectivity index (χ3v) is 3.58. The fraction of sp³-hybridized carbons (Fsp3) is 0.833. The zero-order valence-electron chi connectivity index (χ0n) is 11.6. The minimum absolute atomic E-state index is 0.0476. The maximum Gasteiger partial charge on any atom is 0.317 e. The Hall–Kier alpha value is -1.30. The molecule has 104 valence electrons. The number of amides is 2. The molecule has 1 atom stereocenters. The molecule has 2 N–H and O–H groups in total. The van der Waals surface area contributed by atoms with Crippen LogP contribution in [0.5, 0.6) is 0 Å². The van der Waals surface area contributed by atoms with Crippen LogP contribution in [0.25, 0.3) is 0 Å². The first kappa shape index (κ1) is 14.8. The van der Waals surface area contributed by atoms with Gasteiger partial charge in [0.15, 0.2) is 0 Å².